The highest BCUT2D eigenvalue weighted by molar-refractivity contribution is 5.88. The molecule has 1 aromatic carbocycles. The van der Waals surface area contributed by atoms with Gasteiger partial charge < -0.3 is 9.67 Å². The maximum atomic E-state index is 10.9. The van der Waals surface area contributed by atoms with Gasteiger partial charge in [0.1, 0.15) is 0 Å². The summed E-state index contributed by atoms with van der Waals surface area (Å²) in [4.78, 5) is 15.0. The van der Waals surface area contributed by atoms with Gasteiger partial charge in [-0.1, -0.05) is 24.3 Å². The van der Waals surface area contributed by atoms with Crippen molar-refractivity contribution in [1.29, 1.82) is 0 Å². The van der Waals surface area contributed by atoms with E-state index in [9.17, 15) is 4.79 Å². The van der Waals surface area contributed by atoms with Crippen molar-refractivity contribution < 1.29 is 9.90 Å². The minimum atomic E-state index is -0.900. The van der Waals surface area contributed by atoms with Crippen LogP contribution in [0.1, 0.15) is 28.8 Å². The number of carboxylic acids is 1. The standard InChI is InChI=1S/C18H16N2O2/c21-18(22)16-7-5-15(6-8-16)14-3-1-2-4-17(10-9-14)20-12-11-19-13-20/h2,4-13H,1,3H2,(H,21,22)/b4-2-,14-9+,17-10+. The Kier molecular flexibility index (Phi) is 4.01. The minimum absolute atomic E-state index is 0.310. The van der Waals surface area contributed by atoms with Crippen LogP contribution in [-0.2, 0) is 0 Å². The third-order valence-corrected chi connectivity index (χ3v) is 3.63. The lowest BCUT2D eigenvalue weighted by Crippen LogP contribution is -1.96. The highest BCUT2D eigenvalue weighted by atomic mass is 16.4. The molecule has 1 heterocycles. The lowest BCUT2D eigenvalue weighted by atomic mass is 9.98. The van der Waals surface area contributed by atoms with Gasteiger partial charge in [-0.3, -0.25) is 0 Å². The third-order valence-electron chi connectivity index (χ3n) is 3.63. The van der Waals surface area contributed by atoms with Gasteiger partial charge in [0.15, 0.2) is 0 Å². The summed E-state index contributed by atoms with van der Waals surface area (Å²) in [5.41, 5.74) is 3.61. The number of carboxylic acid groups (broad SMARTS) is 1. The first-order chi connectivity index (χ1) is 10.7. The molecule has 0 saturated carbocycles. The minimum Gasteiger partial charge on any atom is -0.478 e. The fourth-order valence-corrected chi connectivity index (χ4v) is 2.42. The molecule has 22 heavy (non-hydrogen) atoms. The van der Waals surface area contributed by atoms with Crippen LogP contribution in [-0.4, -0.2) is 20.6 Å². The molecule has 0 spiro atoms. The SMILES string of the molecule is O=C(O)c1ccc(/C2=C/C=C(n3ccnc3)\C=C/CC2)cc1. The first kappa shape index (κ1) is 14.1. The molecule has 0 unspecified atom stereocenters. The van der Waals surface area contributed by atoms with E-state index in [0.29, 0.717) is 5.56 Å². The molecule has 0 fully saturated rings. The summed E-state index contributed by atoms with van der Waals surface area (Å²) in [5, 5.41) is 8.97. The molecule has 4 nitrogen and oxygen atoms in total. The van der Waals surface area contributed by atoms with Crippen LogP contribution in [0.2, 0.25) is 0 Å². The van der Waals surface area contributed by atoms with Crippen molar-refractivity contribution in [3.8, 4) is 0 Å². The van der Waals surface area contributed by atoms with Crippen LogP contribution >= 0.6 is 0 Å². The molecule has 0 aliphatic heterocycles. The Morgan fingerprint density at radius 3 is 2.68 bits per heavy atom. The van der Waals surface area contributed by atoms with Crippen LogP contribution in [0.4, 0.5) is 0 Å². The summed E-state index contributed by atoms with van der Waals surface area (Å²) in [6, 6.07) is 7.03. The molecule has 2 aromatic rings. The predicted molar refractivity (Wildman–Crippen MR) is 86.3 cm³/mol. The highest BCUT2D eigenvalue weighted by Gasteiger charge is 2.06. The molecule has 0 atom stereocenters. The van der Waals surface area contributed by atoms with E-state index in [0.717, 1.165) is 24.1 Å². The Balaban J connectivity index is 1.91. The van der Waals surface area contributed by atoms with Gasteiger partial charge in [-0.2, -0.15) is 0 Å². The Labute approximate surface area is 128 Å². The van der Waals surface area contributed by atoms with Gasteiger partial charge in [-0.15, -0.1) is 0 Å². The second kappa shape index (κ2) is 6.26. The highest BCUT2D eigenvalue weighted by Crippen LogP contribution is 2.24. The number of hydrogen-bond donors (Lipinski definition) is 1. The van der Waals surface area contributed by atoms with Crippen LogP contribution in [0.5, 0.6) is 0 Å². The van der Waals surface area contributed by atoms with Crippen LogP contribution in [0, 0.1) is 0 Å². The summed E-state index contributed by atoms with van der Waals surface area (Å²) < 4.78 is 1.96. The zero-order valence-electron chi connectivity index (χ0n) is 12.0. The first-order valence-electron chi connectivity index (χ1n) is 7.13. The maximum Gasteiger partial charge on any atom is 0.335 e. The number of carbonyl (C=O) groups is 1. The van der Waals surface area contributed by atoms with E-state index in [1.54, 1.807) is 24.7 Å². The molecule has 1 aliphatic carbocycles. The second-order valence-corrected chi connectivity index (χ2v) is 5.08. The van der Waals surface area contributed by atoms with Gasteiger partial charge in [-0.05, 0) is 48.3 Å². The summed E-state index contributed by atoms with van der Waals surface area (Å²) in [6.45, 7) is 0. The van der Waals surface area contributed by atoms with E-state index >= 15 is 0 Å². The number of nitrogens with zero attached hydrogens (tertiary/aromatic N) is 2. The fraction of sp³-hybridized carbons (Fsp3) is 0.111. The van der Waals surface area contributed by atoms with Crippen LogP contribution in [0.3, 0.4) is 0 Å². The van der Waals surface area contributed by atoms with Gasteiger partial charge in [0.05, 0.1) is 11.9 Å². The van der Waals surface area contributed by atoms with Crippen molar-refractivity contribution in [2.24, 2.45) is 0 Å². The average molecular weight is 292 g/mol. The Bertz CT molecular complexity index is 751. The predicted octanol–water partition coefficient (Wildman–Crippen LogP) is 3.86. The Morgan fingerprint density at radius 2 is 2.00 bits per heavy atom. The summed E-state index contributed by atoms with van der Waals surface area (Å²) in [6.07, 6.45) is 15.7. The van der Waals surface area contributed by atoms with E-state index in [2.05, 4.69) is 29.3 Å². The summed E-state index contributed by atoms with van der Waals surface area (Å²) in [7, 11) is 0. The number of hydrogen-bond acceptors (Lipinski definition) is 2. The second-order valence-electron chi connectivity index (χ2n) is 5.08. The first-order valence-corrected chi connectivity index (χ1v) is 7.13. The monoisotopic (exact) mass is 292 g/mol. The number of aromatic nitrogens is 2. The van der Waals surface area contributed by atoms with Crippen molar-refractivity contribution in [3.05, 3.63) is 78.4 Å². The van der Waals surface area contributed by atoms with Crippen molar-refractivity contribution in [2.45, 2.75) is 12.8 Å². The molecular weight excluding hydrogens is 276 g/mol. The summed E-state index contributed by atoms with van der Waals surface area (Å²) >= 11 is 0. The fourth-order valence-electron chi connectivity index (χ4n) is 2.42. The van der Waals surface area contributed by atoms with Gasteiger partial charge >= 0.3 is 5.97 Å². The Hall–Kier alpha value is -2.88. The van der Waals surface area contributed by atoms with Gasteiger partial charge in [0.25, 0.3) is 0 Å². The third kappa shape index (κ3) is 3.06. The zero-order valence-corrected chi connectivity index (χ0v) is 12.0. The molecule has 4 heteroatoms. The molecule has 0 bridgehead atoms. The Morgan fingerprint density at radius 1 is 1.18 bits per heavy atom. The van der Waals surface area contributed by atoms with Gasteiger partial charge in [-0.25, -0.2) is 9.78 Å². The zero-order chi connectivity index (χ0) is 15.4. The molecule has 0 amide bonds. The van der Waals surface area contributed by atoms with Crippen molar-refractivity contribution in [3.63, 3.8) is 0 Å². The molecule has 1 aromatic heterocycles. The number of imidazole rings is 1. The van der Waals surface area contributed by atoms with Crippen molar-refractivity contribution in [1.82, 2.24) is 9.55 Å². The van der Waals surface area contributed by atoms with Gasteiger partial charge in [0, 0.05) is 18.1 Å². The molecular formula is C18H16N2O2. The lowest BCUT2D eigenvalue weighted by molar-refractivity contribution is 0.0697. The van der Waals surface area contributed by atoms with E-state index in [1.165, 1.54) is 5.57 Å². The number of rotatable bonds is 3. The topological polar surface area (TPSA) is 55.1 Å². The number of benzene rings is 1. The largest absolute Gasteiger partial charge is 0.478 e. The smallest absolute Gasteiger partial charge is 0.335 e. The number of aromatic carboxylic acids is 1. The average Bonchev–Trinajstić information content (AvgIpc) is 3.02. The van der Waals surface area contributed by atoms with Gasteiger partial charge in [0.2, 0.25) is 0 Å². The molecule has 110 valence electrons. The van der Waals surface area contributed by atoms with E-state index in [-0.39, 0.29) is 0 Å². The molecule has 0 radical (unpaired) electrons. The van der Waals surface area contributed by atoms with E-state index in [4.69, 9.17) is 5.11 Å². The molecule has 0 saturated heterocycles. The lowest BCUT2D eigenvalue weighted by Gasteiger charge is -2.10. The molecule has 3 rings (SSSR count). The number of allylic oxidation sites excluding steroid dienone is 6. The van der Waals surface area contributed by atoms with Crippen LogP contribution < -0.4 is 0 Å². The molecule has 1 N–H and O–H groups in total. The summed E-state index contributed by atoms with van der Waals surface area (Å²) in [5.74, 6) is -0.900. The van der Waals surface area contributed by atoms with Crippen molar-refractivity contribution >= 4 is 17.2 Å². The van der Waals surface area contributed by atoms with Crippen LogP contribution in [0.15, 0.2) is 67.3 Å². The quantitative estimate of drug-likeness (QED) is 0.934. The maximum absolute atomic E-state index is 10.9. The normalized spacial score (nSPS) is 20.9. The van der Waals surface area contributed by atoms with E-state index < -0.39 is 5.97 Å². The van der Waals surface area contributed by atoms with Crippen LogP contribution in [0.25, 0.3) is 11.3 Å². The van der Waals surface area contributed by atoms with E-state index in [1.807, 2.05) is 22.9 Å². The van der Waals surface area contributed by atoms with Crippen molar-refractivity contribution in [2.75, 3.05) is 0 Å². The molecule has 1 aliphatic rings.